The first kappa shape index (κ1) is 16.8. The highest BCUT2D eigenvalue weighted by atomic mass is 35.5. The normalized spacial score (nSPS) is 12.2. The van der Waals surface area contributed by atoms with Crippen LogP contribution in [0.25, 0.3) is 11.3 Å². The van der Waals surface area contributed by atoms with Crippen molar-refractivity contribution in [1.82, 2.24) is 5.32 Å². The lowest BCUT2D eigenvalue weighted by molar-refractivity contribution is 0.449. The van der Waals surface area contributed by atoms with E-state index in [1.54, 1.807) is 0 Å². The Kier molecular flexibility index (Phi) is 5.73. The van der Waals surface area contributed by atoms with Crippen LogP contribution in [-0.4, -0.2) is 6.04 Å². The summed E-state index contributed by atoms with van der Waals surface area (Å²) in [4.78, 5) is 0. The van der Waals surface area contributed by atoms with Crippen LogP contribution >= 0.6 is 11.6 Å². The topological polar surface area (TPSA) is 25.2 Å². The lowest BCUT2D eigenvalue weighted by atomic mass is 10.1. The maximum Gasteiger partial charge on any atom is 0.134 e. The number of nitrogens with one attached hydrogen (secondary N) is 1. The van der Waals surface area contributed by atoms with Gasteiger partial charge >= 0.3 is 0 Å². The molecule has 0 saturated heterocycles. The highest BCUT2D eigenvalue weighted by Gasteiger charge is 2.07. The van der Waals surface area contributed by atoms with E-state index >= 15 is 0 Å². The van der Waals surface area contributed by atoms with Gasteiger partial charge in [-0.05, 0) is 49.6 Å². The van der Waals surface area contributed by atoms with Crippen molar-refractivity contribution in [3.05, 3.63) is 83.1 Å². The number of halogens is 1. The molecule has 0 amide bonds. The molecule has 2 nitrogen and oxygen atoms in total. The van der Waals surface area contributed by atoms with Crippen LogP contribution in [0.2, 0.25) is 5.02 Å². The fraction of sp³-hybridized carbons (Fsp3) is 0.238. The molecule has 0 saturated carbocycles. The monoisotopic (exact) mass is 339 g/mol. The SMILES string of the molecule is CC(CCc1ccccc1)NCc1ccc(-c2cccc(Cl)c2)o1. The van der Waals surface area contributed by atoms with Crippen molar-refractivity contribution < 1.29 is 4.42 Å². The Balaban J connectivity index is 1.50. The molecule has 24 heavy (non-hydrogen) atoms. The Bertz CT molecular complexity index is 766. The number of aryl methyl sites for hydroxylation is 1. The molecule has 2 aromatic carbocycles. The molecule has 1 heterocycles. The van der Waals surface area contributed by atoms with Crippen LogP contribution < -0.4 is 5.32 Å². The number of benzene rings is 2. The number of furan rings is 1. The molecule has 0 aliphatic heterocycles. The standard InChI is InChI=1S/C21H22ClNO/c1-16(10-11-17-6-3-2-4-7-17)23-15-20-12-13-21(24-20)18-8-5-9-19(22)14-18/h2-9,12-14,16,23H,10-11,15H2,1H3. The van der Waals surface area contributed by atoms with E-state index in [9.17, 15) is 0 Å². The molecular formula is C21H22ClNO. The molecule has 1 N–H and O–H groups in total. The molecule has 0 bridgehead atoms. The van der Waals surface area contributed by atoms with Crippen molar-refractivity contribution in [3.63, 3.8) is 0 Å². The minimum absolute atomic E-state index is 0.435. The van der Waals surface area contributed by atoms with Gasteiger partial charge in [0, 0.05) is 16.6 Å². The second-order valence-corrected chi connectivity index (χ2v) is 6.52. The lowest BCUT2D eigenvalue weighted by Crippen LogP contribution is -2.25. The largest absolute Gasteiger partial charge is 0.460 e. The summed E-state index contributed by atoms with van der Waals surface area (Å²) in [5.41, 5.74) is 2.39. The van der Waals surface area contributed by atoms with Crippen LogP contribution in [0.5, 0.6) is 0 Å². The van der Waals surface area contributed by atoms with Crippen LogP contribution in [0, 0.1) is 0 Å². The molecule has 1 unspecified atom stereocenters. The molecule has 0 aliphatic carbocycles. The maximum atomic E-state index is 6.04. The molecule has 1 atom stereocenters. The van der Waals surface area contributed by atoms with Gasteiger partial charge in [0.1, 0.15) is 11.5 Å². The van der Waals surface area contributed by atoms with Gasteiger partial charge in [-0.25, -0.2) is 0 Å². The molecule has 0 aliphatic rings. The van der Waals surface area contributed by atoms with E-state index < -0.39 is 0 Å². The Hall–Kier alpha value is -2.03. The van der Waals surface area contributed by atoms with Crippen LogP contribution in [0.4, 0.5) is 0 Å². The van der Waals surface area contributed by atoms with E-state index in [4.69, 9.17) is 16.0 Å². The van der Waals surface area contributed by atoms with Crippen LogP contribution in [0.3, 0.4) is 0 Å². The molecule has 0 spiro atoms. The first-order chi connectivity index (χ1) is 11.7. The zero-order chi connectivity index (χ0) is 16.8. The lowest BCUT2D eigenvalue weighted by Gasteiger charge is -2.12. The summed E-state index contributed by atoms with van der Waals surface area (Å²) < 4.78 is 5.92. The van der Waals surface area contributed by atoms with Gasteiger partial charge in [0.15, 0.2) is 0 Å². The Morgan fingerprint density at radius 2 is 1.83 bits per heavy atom. The first-order valence-corrected chi connectivity index (χ1v) is 8.70. The number of hydrogen-bond acceptors (Lipinski definition) is 2. The third-order valence-electron chi connectivity index (χ3n) is 4.10. The van der Waals surface area contributed by atoms with Crippen LogP contribution in [0.1, 0.15) is 24.7 Å². The summed E-state index contributed by atoms with van der Waals surface area (Å²) in [5.74, 6) is 1.79. The molecular weight excluding hydrogens is 318 g/mol. The molecule has 0 radical (unpaired) electrons. The summed E-state index contributed by atoms with van der Waals surface area (Å²) in [5, 5.41) is 4.25. The molecule has 3 aromatic rings. The molecule has 0 fully saturated rings. The molecule has 1 aromatic heterocycles. The quantitative estimate of drug-likeness (QED) is 0.596. The van der Waals surface area contributed by atoms with Gasteiger partial charge in [-0.15, -0.1) is 0 Å². The zero-order valence-corrected chi connectivity index (χ0v) is 14.6. The minimum Gasteiger partial charge on any atom is -0.460 e. The zero-order valence-electron chi connectivity index (χ0n) is 13.8. The van der Waals surface area contributed by atoms with Crippen molar-refractivity contribution in [1.29, 1.82) is 0 Å². The van der Waals surface area contributed by atoms with Gasteiger partial charge in [-0.2, -0.15) is 0 Å². The second-order valence-electron chi connectivity index (χ2n) is 6.08. The molecule has 3 heteroatoms. The third kappa shape index (κ3) is 4.73. The van der Waals surface area contributed by atoms with E-state index in [2.05, 4.69) is 42.6 Å². The van der Waals surface area contributed by atoms with E-state index in [-0.39, 0.29) is 0 Å². The van der Waals surface area contributed by atoms with Crippen molar-refractivity contribution in [2.75, 3.05) is 0 Å². The minimum atomic E-state index is 0.435. The van der Waals surface area contributed by atoms with E-state index in [0.29, 0.717) is 6.04 Å². The van der Waals surface area contributed by atoms with Crippen molar-refractivity contribution in [2.45, 2.75) is 32.4 Å². The smallest absolute Gasteiger partial charge is 0.134 e. The summed E-state index contributed by atoms with van der Waals surface area (Å²) >= 11 is 6.04. The number of rotatable bonds is 7. The van der Waals surface area contributed by atoms with Crippen LogP contribution in [-0.2, 0) is 13.0 Å². The average Bonchev–Trinajstić information content (AvgIpc) is 3.08. The van der Waals surface area contributed by atoms with Gasteiger partial charge in [0.05, 0.1) is 6.54 Å². The Morgan fingerprint density at radius 1 is 1.00 bits per heavy atom. The highest BCUT2D eigenvalue weighted by Crippen LogP contribution is 2.24. The summed E-state index contributed by atoms with van der Waals surface area (Å²) in [6.45, 7) is 2.94. The Morgan fingerprint density at radius 3 is 2.62 bits per heavy atom. The molecule has 124 valence electrons. The summed E-state index contributed by atoms with van der Waals surface area (Å²) in [7, 11) is 0. The predicted molar refractivity (Wildman–Crippen MR) is 100 cm³/mol. The first-order valence-electron chi connectivity index (χ1n) is 8.32. The van der Waals surface area contributed by atoms with Gasteiger partial charge in [0.2, 0.25) is 0 Å². The third-order valence-corrected chi connectivity index (χ3v) is 4.34. The Labute approximate surface area is 148 Å². The van der Waals surface area contributed by atoms with Gasteiger partial charge in [-0.1, -0.05) is 54.1 Å². The fourth-order valence-corrected chi connectivity index (χ4v) is 2.86. The predicted octanol–water partition coefficient (Wildman–Crippen LogP) is 5.71. The summed E-state index contributed by atoms with van der Waals surface area (Å²) in [6, 6.07) is 22.8. The highest BCUT2D eigenvalue weighted by molar-refractivity contribution is 6.30. The van der Waals surface area contributed by atoms with E-state index in [0.717, 1.165) is 41.5 Å². The van der Waals surface area contributed by atoms with Crippen molar-refractivity contribution in [2.24, 2.45) is 0 Å². The van der Waals surface area contributed by atoms with Gasteiger partial charge in [-0.3, -0.25) is 0 Å². The van der Waals surface area contributed by atoms with E-state index in [1.165, 1.54) is 5.56 Å². The van der Waals surface area contributed by atoms with Crippen molar-refractivity contribution >= 4 is 11.6 Å². The summed E-state index contributed by atoms with van der Waals surface area (Å²) in [6.07, 6.45) is 2.19. The van der Waals surface area contributed by atoms with Crippen molar-refractivity contribution in [3.8, 4) is 11.3 Å². The van der Waals surface area contributed by atoms with Gasteiger partial charge in [0.25, 0.3) is 0 Å². The average molecular weight is 340 g/mol. The maximum absolute atomic E-state index is 6.04. The van der Waals surface area contributed by atoms with E-state index in [1.807, 2.05) is 36.4 Å². The van der Waals surface area contributed by atoms with Gasteiger partial charge < -0.3 is 9.73 Å². The van der Waals surface area contributed by atoms with Crippen LogP contribution in [0.15, 0.2) is 71.1 Å². The number of hydrogen-bond donors (Lipinski definition) is 1. The molecule has 3 rings (SSSR count). The second kappa shape index (κ2) is 8.18. The fourth-order valence-electron chi connectivity index (χ4n) is 2.67.